The van der Waals surface area contributed by atoms with Gasteiger partial charge in [0.15, 0.2) is 0 Å². The monoisotopic (exact) mass is 395 g/mol. The van der Waals surface area contributed by atoms with E-state index in [1.807, 2.05) is 0 Å². The van der Waals surface area contributed by atoms with Crippen molar-refractivity contribution in [2.24, 2.45) is 5.10 Å². The molecule has 7 nitrogen and oxygen atoms in total. The molecule has 0 aliphatic heterocycles. The topological polar surface area (TPSA) is 92.9 Å². The molecule has 0 aliphatic carbocycles. The van der Waals surface area contributed by atoms with Crippen molar-refractivity contribution in [1.82, 2.24) is 5.43 Å². The Kier molecular flexibility index (Phi) is 6.36. The second-order valence-electron chi connectivity index (χ2n) is 5.93. The van der Waals surface area contributed by atoms with Crippen molar-refractivity contribution in [3.05, 3.63) is 77.8 Å². The lowest BCUT2D eigenvalue weighted by Gasteiger charge is -2.04. The zero-order valence-electron chi connectivity index (χ0n) is 15.5. The van der Waals surface area contributed by atoms with Crippen molar-refractivity contribution in [3.63, 3.8) is 0 Å². The fourth-order valence-corrected chi connectivity index (χ4v) is 2.45. The average molecular weight is 395 g/mol. The fourth-order valence-electron chi connectivity index (χ4n) is 2.45. The summed E-state index contributed by atoms with van der Waals surface area (Å²) in [5.74, 6) is -0.184. The van der Waals surface area contributed by atoms with Gasteiger partial charge in [0.1, 0.15) is 17.3 Å². The predicted octanol–water partition coefficient (Wildman–Crippen LogP) is 3.43. The van der Waals surface area contributed by atoms with Gasteiger partial charge >= 0.3 is 5.97 Å². The van der Waals surface area contributed by atoms with Crippen LogP contribution in [0.2, 0.25) is 0 Å². The third-order valence-electron chi connectivity index (χ3n) is 3.87. The summed E-state index contributed by atoms with van der Waals surface area (Å²) in [6.45, 7) is -0.0211. The molecule has 0 radical (unpaired) electrons. The lowest BCUT2D eigenvalue weighted by atomic mass is 10.1. The van der Waals surface area contributed by atoms with Gasteiger partial charge in [0, 0.05) is 11.3 Å². The number of carbonyl (C=O) groups excluding carboxylic acids is 2. The van der Waals surface area contributed by atoms with Gasteiger partial charge in [-0.2, -0.15) is 5.10 Å². The number of furan rings is 1. The van der Waals surface area contributed by atoms with Crippen molar-refractivity contribution in [3.8, 4) is 11.3 Å². The van der Waals surface area contributed by atoms with E-state index in [1.54, 1.807) is 36.4 Å². The van der Waals surface area contributed by atoms with Gasteiger partial charge in [0.2, 0.25) is 0 Å². The third-order valence-corrected chi connectivity index (χ3v) is 3.87. The number of carbonyl (C=O) groups is 2. The average Bonchev–Trinajstić information content (AvgIpc) is 3.22. The number of hydrogen-bond acceptors (Lipinski definition) is 6. The maximum Gasteiger partial charge on any atom is 0.337 e. The van der Waals surface area contributed by atoms with Gasteiger partial charge in [-0.15, -0.1) is 0 Å². The van der Waals surface area contributed by atoms with E-state index in [4.69, 9.17) is 9.15 Å². The molecule has 2 aromatic carbocycles. The van der Waals surface area contributed by atoms with Gasteiger partial charge in [0.25, 0.3) is 5.91 Å². The Bertz CT molecular complexity index is 1030. The first-order chi connectivity index (χ1) is 14.0. The van der Waals surface area contributed by atoms with E-state index in [0.29, 0.717) is 28.3 Å². The summed E-state index contributed by atoms with van der Waals surface area (Å²) >= 11 is 0. The second-order valence-corrected chi connectivity index (χ2v) is 5.93. The molecule has 0 spiro atoms. The van der Waals surface area contributed by atoms with Crippen LogP contribution in [0, 0.1) is 5.82 Å². The van der Waals surface area contributed by atoms with Crippen molar-refractivity contribution in [2.75, 3.05) is 19.0 Å². The predicted molar refractivity (Wildman–Crippen MR) is 106 cm³/mol. The molecule has 8 heteroatoms. The summed E-state index contributed by atoms with van der Waals surface area (Å²) in [5.41, 5.74) is 4.11. The number of rotatable bonds is 7. The van der Waals surface area contributed by atoms with Crippen molar-refractivity contribution in [1.29, 1.82) is 0 Å². The highest BCUT2D eigenvalue weighted by Gasteiger charge is 2.09. The number of ether oxygens (including phenoxy) is 1. The highest BCUT2D eigenvalue weighted by Crippen LogP contribution is 2.22. The maximum absolute atomic E-state index is 12.8. The first-order valence-electron chi connectivity index (χ1n) is 8.65. The van der Waals surface area contributed by atoms with Gasteiger partial charge in [0.05, 0.1) is 25.4 Å². The van der Waals surface area contributed by atoms with Gasteiger partial charge < -0.3 is 14.5 Å². The minimum Gasteiger partial charge on any atom is -0.465 e. The number of esters is 1. The smallest absolute Gasteiger partial charge is 0.337 e. The molecule has 148 valence electrons. The molecule has 29 heavy (non-hydrogen) atoms. The van der Waals surface area contributed by atoms with Gasteiger partial charge in [-0.3, -0.25) is 4.79 Å². The zero-order chi connectivity index (χ0) is 20.6. The van der Waals surface area contributed by atoms with Gasteiger partial charge in [-0.05, 0) is 48.5 Å². The van der Waals surface area contributed by atoms with E-state index < -0.39 is 5.97 Å². The summed E-state index contributed by atoms with van der Waals surface area (Å²) in [6.07, 6.45) is 1.36. The largest absolute Gasteiger partial charge is 0.465 e. The molecule has 1 heterocycles. The fraction of sp³-hybridized carbons (Fsp3) is 0.0952. The number of nitrogens with zero attached hydrogens (tertiary/aromatic N) is 1. The first-order valence-corrected chi connectivity index (χ1v) is 8.65. The second kappa shape index (κ2) is 9.32. The van der Waals surface area contributed by atoms with E-state index >= 15 is 0 Å². The molecule has 1 amide bonds. The number of nitrogens with one attached hydrogen (secondary N) is 2. The van der Waals surface area contributed by atoms with Crippen LogP contribution in [0.5, 0.6) is 0 Å². The molecule has 0 bridgehead atoms. The Labute approximate surface area is 166 Å². The molecule has 0 fully saturated rings. The van der Waals surface area contributed by atoms with Crippen LogP contribution in [0.3, 0.4) is 0 Å². The molecular weight excluding hydrogens is 377 g/mol. The highest BCUT2D eigenvalue weighted by molar-refractivity contribution is 5.90. The van der Waals surface area contributed by atoms with Crippen LogP contribution in [0.25, 0.3) is 11.3 Å². The van der Waals surface area contributed by atoms with Crippen molar-refractivity contribution in [2.45, 2.75) is 0 Å². The van der Waals surface area contributed by atoms with Crippen molar-refractivity contribution < 1.29 is 23.1 Å². The lowest BCUT2D eigenvalue weighted by Crippen LogP contribution is -2.25. The molecule has 2 N–H and O–H groups in total. The van der Waals surface area contributed by atoms with Crippen LogP contribution >= 0.6 is 0 Å². The van der Waals surface area contributed by atoms with Crippen molar-refractivity contribution >= 4 is 23.8 Å². The van der Waals surface area contributed by atoms with E-state index in [0.717, 1.165) is 0 Å². The van der Waals surface area contributed by atoms with Crippen LogP contribution in [-0.2, 0) is 9.53 Å². The highest BCUT2D eigenvalue weighted by atomic mass is 19.1. The zero-order valence-corrected chi connectivity index (χ0v) is 15.5. The van der Waals surface area contributed by atoms with E-state index in [-0.39, 0.29) is 18.3 Å². The summed E-state index contributed by atoms with van der Waals surface area (Å²) in [7, 11) is 1.32. The van der Waals surface area contributed by atoms with Crippen LogP contribution < -0.4 is 10.7 Å². The Hall–Kier alpha value is -3.94. The number of methoxy groups -OCH3 is 1. The quantitative estimate of drug-likeness (QED) is 0.363. The minimum atomic E-state index is -0.433. The molecule has 0 saturated heterocycles. The van der Waals surface area contributed by atoms with Crippen LogP contribution in [-0.4, -0.2) is 31.7 Å². The molecule has 1 aromatic heterocycles. The lowest BCUT2D eigenvalue weighted by molar-refractivity contribution is -0.119. The first kappa shape index (κ1) is 19.8. The SMILES string of the molecule is COC(=O)c1cccc(-c2ccc(/C=N\NC(=O)CNc3ccc(F)cc3)o2)c1. The summed E-state index contributed by atoms with van der Waals surface area (Å²) in [5, 5.41) is 6.69. The number of anilines is 1. The normalized spacial score (nSPS) is 10.7. The Morgan fingerprint density at radius 2 is 1.93 bits per heavy atom. The van der Waals surface area contributed by atoms with Gasteiger partial charge in [-0.1, -0.05) is 12.1 Å². The number of halogens is 1. The Balaban J connectivity index is 1.54. The van der Waals surface area contributed by atoms with E-state index in [9.17, 15) is 14.0 Å². The minimum absolute atomic E-state index is 0.0211. The number of benzene rings is 2. The number of hydrazone groups is 1. The van der Waals surface area contributed by atoms with Crippen LogP contribution in [0.15, 0.2) is 70.2 Å². The standard InChI is InChI=1S/C21H18FN3O4/c1-28-21(27)15-4-2-3-14(11-15)19-10-9-18(29-19)12-24-25-20(26)13-23-17-7-5-16(22)6-8-17/h2-12,23H,13H2,1H3,(H,25,26)/b24-12-. The molecule has 0 saturated carbocycles. The third kappa shape index (κ3) is 5.52. The van der Waals surface area contributed by atoms with E-state index in [1.165, 1.54) is 37.6 Å². The number of hydrogen-bond donors (Lipinski definition) is 2. The summed E-state index contributed by atoms with van der Waals surface area (Å²) < 4.78 is 23.2. The maximum atomic E-state index is 12.8. The molecule has 3 rings (SSSR count). The molecule has 3 aromatic rings. The molecule has 0 atom stereocenters. The van der Waals surface area contributed by atoms with Gasteiger partial charge in [-0.25, -0.2) is 14.6 Å². The Morgan fingerprint density at radius 3 is 2.69 bits per heavy atom. The van der Waals surface area contributed by atoms with E-state index in [2.05, 4.69) is 15.8 Å². The Morgan fingerprint density at radius 1 is 1.14 bits per heavy atom. The molecule has 0 unspecified atom stereocenters. The van der Waals surface area contributed by atoms with Crippen LogP contribution in [0.4, 0.5) is 10.1 Å². The summed E-state index contributed by atoms with van der Waals surface area (Å²) in [4.78, 5) is 23.4. The number of amides is 1. The molecular formula is C21H18FN3O4. The van der Waals surface area contributed by atoms with Crippen LogP contribution in [0.1, 0.15) is 16.1 Å². The molecule has 0 aliphatic rings. The summed E-state index contributed by atoms with van der Waals surface area (Å²) in [6, 6.07) is 15.9.